The van der Waals surface area contributed by atoms with E-state index in [2.05, 4.69) is 4.98 Å². The van der Waals surface area contributed by atoms with E-state index < -0.39 is 0 Å². The summed E-state index contributed by atoms with van der Waals surface area (Å²) in [6.07, 6.45) is 1.41. The molecular formula is C13H10ClN5. The highest BCUT2D eigenvalue weighted by Crippen LogP contribution is 2.25. The van der Waals surface area contributed by atoms with Gasteiger partial charge < -0.3 is 5.73 Å². The minimum atomic E-state index is -0.126. The molecule has 0 aliphatic rings. The van der Waals surface area contributed by atoms with Gasteiger partial charge in [-0.05, 0) is 24.6 Å². The molecule has 0 aliphatic heterocycles. The van der Waals surface area contributed by atoms with Crippen LogP contribution in [0.4, 0.5) is 0 Å². The lowest BCUT2D eigenvalue weighted by molar-refractivity contribution is 0.817. The highest BCUT2D eigenvalue weighted by atomic mass is 35.5. The van der Waals surface area contributed by atoms with Crippen LogP contribution in [0.1, 0.15) is 29.9 Å². The van der Waals surface area contributed by atoms with Crippen molar-refractivity contribution in [2.45, 2.75) is 13.0 Å². The number of hydrogen-bond donors (Lipinski definition) is 1. The molecule has 2 N–H and O–H groups in total. The summed E-state index contributed by atoms with van der Waals surface area (Å²) < 4.78 is 1.49. The van der Waals surface area contributed by atoms with E-state index in [9.17, 15) is 0 Å². The lowest BCUT2D eigenvalue weighted by Gasteiger charge is -2.10. The second-order valence-electron chi connectivity index (χ2n) is 4.03. The first-order valence-corrected chi connectivity index (χ1v) is 5.89. The van der Waals surface area contributed by atoms with Gasteiger partial charge >= 0.3 is 0 Å². The molecule has 0 saturated heterocycles. The maximum Gasteiger partial charge on any atom is 0.177 e. The SMILES string of the molecule is CC(N)c1ccc(-n2cnc(C#N)c2C#N)c(Cl)c1. The monoisotopic (exact) mass is 271 g/mol. The zero-order valence-electron chi connectivity index (χ0n) is 10.1. The zero-order chi connectivity index (χ0) is 14.0. The van der Waals surface area contributed by atoms with Gasteiger partial charge in [0.25, 0.3) is 0 Å². The quantitative estimate of drug-likeness (QED) is 0.907. The Labute approximate surface area is 115 Å². The first-order chi connectivity index (χ1) is 9.08. The molecule has 1 unspecified atom stereocenters. The van der Waals surface area contributed by atoms with Crippen LogP contribution < -0.4 is 5.73 Å². The summed E-state index contributed by atoms with van der Waals surface area (Å²) >= 11 is 6.19. The van der Waals surface area contributed by atoms with Crippen LogP contribution in [0, 0.1) is 22.7 Å². The van der Waals surface area contributed by atoms with E-state index in [1.165, 1.54) is 10.9 Å². The molecule has 1 heterocycles. The Kier molecular flexibility index (Phi) is 3.52. The number of halogens is 1. The maximum absolute atomic E-state index is 9.09. The number of hydrogen-bond acceptors (Lipinski definition) is 4. The van der Waals surface area contributed by atoms with Crippen LogP contribution in [0.15, 0.2) is 24.5 Å². The van der Waals surface area contributed by atoms with Crippen molar-refractivity contribution in [3.63, 3.8) is 0 Å². The van der Waals surface area contributed by atoms with Gasteiger partial charge in [0.15, 0.2) is 11.4 Å². The molecule has 1 aromatic carbocycles. The van der Waals surface area contributed by atoms with Crippen LogP contribution in [0.25, 0.3) is 5.69 Å². The lowest BCUT2D eigenvalue weighted by atomic mass is 10.1. The summed E-state index contributed by atoms with van der Waals surface area (Å²) in [6.45, 7) is 1.86. The van der Waals surface area contributed by atoms with Gasteiger partial charge in [-0.1, -0.05) is 17.7 Å². The van der Waals surface area contributed by atoms with Crippen molar-refractivity contribution in [1.82, 2.24) is 9.55 Å². The van der Waals surface area contributed by atoms with Gasteiger partial charge in [-0.25, -0.2) is 4.98 Å². The summed E-state index contributed by atoms with van der Waals surface area (Å²) in [5.41, 5.74) is 7.51. The second kappa shape index (κ2) is 5.11. The van der Waals surface area contributed by atoms with Crippen molar-refractivity contribution in [3.05, 3.63) is 46.5 Å². The second-order valence-corrected chi connectivity index (χ2v) is 4.44. The van der Waals surface area contributed by atoms with Crippen LogP contribution in [0.2, 0.25) is 5.02 Å². The summed E-state index contributed by atoms with van der Waals surface area (Å²) in [7, 11) is 0. The molecule has 2 aromatic rings. The predicted molar refractivity (Wildman–Crippen MR) is 70.6 cm³/mol. The third kappa shape index (κ3) is 2.30. The number of aromatic nitrogens is 2. The highest BCUT2D eigenvalue weighted by Gasteiger charge is 2.14. The summed E-state index contributed by atoms with van der Waals surface area (Å²) in [5.74, 6) is 0. The molecule has 6 heteroatoms. The first kappa shape index (κ1) is 13.1. The molecule has 0 bridgehead atoms. The van der Waals surface area contributed by atoms with Gasteiger partial charge in [-0.3, -0.25) is 4.57 Å². The molecule has 2 rings (SSSR count). The standard InChI is InChI=1S/C13H10ClN5/c1-8(17)9-2-3-12(10(14)4-9)19-7-18-11(5-15)13(19)6-16/h2-4,7-8H,17H2,1H3. The number of benzene rings is 1. The molecule has 0 spiro atoms. The maximum atomic E-state index is 9.09. The fourth-order valence-corrected chi connectivity index (χ4v) is 2.00. The predicted octanol–water partition coefficient (Wildman–Crippen LogP) is 2.29. The average Bonchev–Trinajstić information content (AvgIpc) is 2.80. The normalized spacial score (nSPS) is 11.6. The number of nitriles is 2. The molecule has 0 amide bonds. The van der Waals surface area contributed by atoms with Crippen LogP contribution in [-0.4, -0.2) is 9.55 Å². The van der Waals surface area contributed by atoms with Crippen LogP contribution >= 0.6 is 11.6 Å². The van der Waals surface area contributed by atoms with Crippen molar-refractivity contribution in [2.24, 2.45) is 5.73 Å². The minimum Gasteiger partial charge on any atom is -0.324 e. The Balaban J connectivity index is 2.58. The summed E-state index contributed by atoms with van der Waals surface area (Å²) in [6, 6.07) is 9.03. The molecule has 0 fully saturated rings. The van der Waals surface area contributed by atoms with Crippen molar-refractivity contribution in [3.8, 4) is 17.8 Å². The topological polar surface area (TPSA) is 91.4 Å². The number of nitrogens with two attached hydrogens (primary N) is 1. The van der Waals surface area contributed by atoms with E-state index in [0.29, 0.717) is 10.7 Å². The van der Waals surface area contributed by atoms with Gasteiger partial charge in [0, 0.05) is 6.04 Å². The summed E-state index contributed by atoms with van der Waals surface area (Å²) in [4.78, 5) is 3.88. The van der Waals surface area contributed by atoms with E-state index in [4.69, 9.17) is 27.9 Å². The molecule has 1 aromatic heterocycles. The van der Waals surface area contributed by atoms with Crippen molar-refractivity contribution >= 4 is 11.6 Å². The van der Waals surface area contributed by atoms with Gasteiger partial charge in [0.2, 0.25) is 0 Å². The largest absolute Gasteiger partial charge is 0.324 e. The third-order valence-electron chi connectivity index (χ3n) is 2.74. The Morgan fingerprint density at radius 2 is 2.11 bits per heavy atom. The molecule has 0 saturated carbocycles. The molecule has 0 radical (unpaired) electrons. The molecule has 0 aliphatic carbocycles. The Bertz CT molecular complexity index is 703. The smallest absolute Gasteiger partial charge is 0.177 e. The molecule has 94 valence electrons. The fourth-order valence-electron chi connectivity index (χ4n) is 1.72. The van der Waals surface area contributed by atoms with E-state index in [0.717, 1.165) is 5.56 Å². The van der Waals surface area contributed by atoms with Crippen molar-refractivity contribution in [1.29, 1.82) is 10.5 Å². The molecule has 19 heavy (non-hydrogen) atoms. The highest BCUT2D eigenvalue weighted by molar-refractivity contribution is 6.32. The van der Waals surface area contributed by atoms with Crippen LogP contribution in [0.3, 0.4) is 0 Å². The number of nitrogens with zero attached hydrogens (tertiary/aromatic N) is 4. The molecular weight excluding hydrogens is 262 g/mol. The minimum absolute atomic E-state index is 0.0786. The first-order valence-electron chi connectivity index (χ1n) is 5.51. The van der Waals surface area contributed by atoms with E-state index in [1.807, 2.05) is 25.1 Å². The molecule has 1 atom stereocenters. The van der Waals surface area contributed by atoms with Gasteiger partial charge in [-0.15, -0.1) is 0 Å². The number of imidazole rings is 1. The van der Waals surface area contributed by atoms with Gasteiger partial charge in [0.1, 0.15) is 18.5 Å². The van der Waals surface area contributed by atoms with E-state index in [1.54, 1.807) is 12.1 Å². The third-order valence-corrected chi connectivity index (χ3v) is 3.04. The van der Waals surface area contributed by atoms with Crippen LogP contribution in [0.5, 0.6) is 0 Å². The van der Waals surface area contributed by atoms with E-state index >= 15 is 0 Å². The Morgan fingerprint density at radius 1 is 1.37 bits per heavy atom. The van der Waals surface area contributed by atoms with E-state index in [-0.39, 0.29) is 17.4 Å². The zero-order valence-corrected chi connectivity index (χ0v) is 10.9. The number of rotatable bonds is 2. The average molecular weight is 272 g/mol. The molecule has 5 nitrogen and oxygen atoms in total. The lowest BCUT2D eigenvalue weighted by Crippen LogP contribution is -2.06. The Morgan fingerprint density at radius 3 is 2.63 bits per heavy atom. The fraction of sp³-hybridized carbons (Fsp3) is 0.154. The van der Waals surface area contributed by atoms with Crippen molar-refractivity contribution in [2.75, 3.05) is 0 Å². The van der Waals surface area contributed by atoms with Crippen LogP contribution in [-0.2, 0) is 0 Å². The summed E-state index contributed by atoms with van der Waals surface area (Å²) in [5, 5.41) is 18.4. The Hall–Kier alpha value is -2.34. The van der Waals surface area contributed by atoms with Gasteiger partial charge in [0.05, 0.1) is 10.7 Å². The van der Waals surface area contributed by atoms with Crippen molar-refractivity contribution < 1.29 is 0 Å². The van der Waals surface area contributed by atoms with Gasteiger partial charge in [-0.2, -0.15) is 10.5 Å².